The van der Waals surface area contributed by atoms with E-state index in [4.69, 9.17) is 4.74 Å². The van der Waals surface area contributed by atoms with E-state index >= 15 is 0 Å². The lowest BCUT2D eigenvalue weighted by molar-refractivity contribution is -0.139. The minimum Gasteiger partial charge on any atom is -0.444 e. The molecule has 3 aliphatic rings. The van der Waals surface area contributed by atoms with Crippen LogP contribution in [0, 0.1) is 23.1 Å². The fourth-order valence-electron chi connectivity index (χ4n) is 6.64. The maximum absolute atomic E-state index is 13.9. The molecule has 3 amide bonds. The third kappa shape index (κ3) is 6.78. The normalized spacial score (nSPS) is 23.5. The lowest BCUT2D eigenvalue weighted by Gasteiger charge is -2.37. The smallest absolute Gasteiger partial charge is 0.419 e. The van der Waals surface area contributed by atoms with Crippen molar-refractivity contribution in [2.45, 2.75) is 63.3 Å². The molecule has 3 fully saturated rings. The molecule has 2 aliphatic carbocycles. The number of alkyl halides is 3. The van der Waals surface area contributed by atoms with Gasteiger partial charge in [0.25, 0.3) is 0 Å². The standard InChI is InChI=1S/C32H37F4N5O3/c1-30(2,3)44-29(43)40-14-11-39(12-15-40)13-16-41(28(42)38-23-7-8-26(33)24(18-23)32(34,35)36)27-9-10-31(19-25(27)31)22-6-4-5-21(17-22)20-37/h4-8,17-18,25,27H,9-16,19H2,1-3H3,(H,38,42)/t25-,27-,31-/m1/s1. The molecule has 8 nitrogen and oxygen atoms in total. The molecule has 2 saturated carbocycles. The summed E-state index contributed by atoms with van der Waals surface area (Å²) in [5.41, 5.74) is -0.679. The number of benzene rings is 2. The Kier molecular flexibility index (Phi) is 8.55. The number of halogens is 4. The first-order valence-electron chi connectivity index (χ1n) is 14.9. The number of anilines is 1. The van der Waals surface area contributed by atoms with Crippen molar-refractivity contribution in [3.05, 3.63) is 65.0 Å². The molecular formula is C32H37F4N5O3. The number of nitrogens with one attached hydrogen (secondary N) is 1. The van der Waals surface area contributed by atoms with E-state index in [1.165, 1.54) is 0 Å². The number of urea groups is 1. The second-order valence-electron chi connectivity index (χ2n) is 12.9. The Labute approximate surface area is 254 Å². The van der Waals surface area contributed by atoms with Crippen molar-refractivity contribution in [1.82, 2.24) is 14.7 Å². The molecule has 5 rings (SSSR count). The molecule has 0 spiro atoms. The fraction of sp³-hybridized carbons (Fsp3) is 0.531. The van der Waals surface area contributed by atoms with Gasteiger partial charge in [-0.3, -0.25) is 4.90 Å². The molecule has 0 radical (unpaired) electrons. The first kappa shape index (κ1) is 31.6. The first-order chi connectivity index (χ1) is 20.7. The minimum absolute atomic E-state index is 0.138. The molecule has 3 atom stereocenters. The van der Waals surface area contributed by atoms with Gasteiger partial charge in [0, 0.05) is 56.4 Å². The molecule has 2 aromatic rings. The third-order valence-corrected chi connectivity index (χ3v) is 8.92. The van der Waals surface area contributed by atoms with Crippen LogP contribution in [0.5, 0.6) is 0 Å². The summed E-state index contributed by atoms with van der Waals surface area (Å²) in [7, 11) is 0. The van der Waals surface area contributed by atoms with Crippen LogP contribution >= 0.6 is 0 Å². The highest BCUT2D eigenvalue weighted by atomic mass is 19.4. The molecule has 1 saturated heterocycles. The van der Waals surface area contributed by atoms with Gasteiger partial charge in [0.2, 0.25) is 0 Å². The van der Waals surface area contributed by atoms with E-state index in [2.05, 4.69) is 16.3 Å². The number of carbonyl (C=O) groups excluding carboxylic acids is 2. The highest BCUT2D eigenvalue weighted by Crippen LogP contribution is 2.65. The van der Waals surface area contributed by atoms with Gasteiger partial charge < -0.3 is 19.9 Å². The molecule has 1 heterocycles. The number of fused-ring (bicyclic) bond motifs is 1. The lowest BCUT2D eigenvalue weighted by atomic mass is 9.92. The maximum atomic E-state index is 13.9. The number of hydrogen-bond donors (Lipinski definition) is 1. The van der Waals surface area contributed by atoms with Gasteiger partial charge >= 0.3 is 18.3 Å². The first-order valence-corrected chi connectivity index (χ1v) is 14.9. The number of carbonyl (C=O) groups is 2. The van der Waals surface area contributed by atoms with Crippen molar-refractivity contribution >= 4 is 17.8 Å². The Morgan fingerprint density at radius 1 is 1.11 bits per heavy atom. The molecule has 1 aliphatic heterocycles. The molecule has 0 unspecified atom stereocenters. The molecule has 12 heteroatoms. The van der Waals surface area contributed by atoms with Crippen molar-refractivity contribution in [2.75, 3.05) is 44.6 Å². The highest BCUT2D eigenvalue weighted by molar-refractivity contribution is 5.90. The van der Waals surface area contributed by atoms with E-state index < -0.39 is 29.2 Å². The van der Waals surface area contributed by atoms with E-state index in [-0.39, 0.29) is 29.2 Å². The Hall–Kier alpha value is -3.85. The largest absolute Gasteiger partial charge is 0.444 e. The van der Waals surface area contributed by atoms with E-state index in [9.17, 15) is 32.4 Å². The van der Waals surface area contributed by atoms with Crippen molar-refractivity contribution in [3.8, 4) is 6.07 Å². The average Bonchev–Trinajstić information content (AvgIpc) is 3.59. The highest BCUT2D eigenvalue weighted by Gasteiger charge is 2.64. The zero-order valence-corrected chi connectivity index (χ0v) is 25.1. The number of rotatable bonds is 6. The molecule has 2 aromatic carbocycles. The summed E-state index contributed by atoms with van der Waals surface area (Å²) in [5.74, 6) is -1.26. The third-order valence-electron chi connectivity index (χ3n) is 8.92. The Bertz CT molecular complexity index is 1440. The molecular weight excluding hydrogens is 578 g/mol. The van der Waals surface area contributed by atoms with Crippen LogP contribution in [0.4, 0.5) is 32.8 Å². The van der Waals surface area contributed by atoms with Crippen LogP contribution in [-0.4, -0.2) is 77.7 Å². The van der Waals surface area contributed by atoms with Crippen LogP contribution < -0.4 is 5.32 Å². The number of ether oxygens (including phenoxy) is 1. The zero-order chi connectivity index (χ0) is 31.9. The number of hydrogen-bond acceptors (Lipinski definition) is 5. The molecule has 1 N–H and O–H groups in total. The monoisotopic (exact) mass is 615 g/mol. The Morgan fingerprint density at radius 2 is 1.84 bits per heavy atom. The second-order valence-corrected chi connectivity index (χ2v) is 12.9. The van der Waals surface area contributed by atoms with Crippen LogP contribution in [0.3, 0.4) is 0 Å². The van der Waals surface area contributed by atoms with Crippen molar-refractivity contribution in [2.24, 2.45) is 5.92 Å². The zero-order valence-electron chi connectivity index (χ0n) is 25.1. The summed E-state index contributed by atoms with van der Waals surface area (Å²) in [6, 6.07) is 11.4. The van der Waals surface area contributed by atoms with Gasteiger partial charge in [-0.25, -0.2) is 14.0 Å². The number of nitrogens with zero attached hydrogens (tertiary/aromatic N) is 4. The summed E-state index contributed by atoms with van der Waals surface area (Å²) in [6.45, 7) is 8.38. The lowest BCUT2D eigenvalue weighted by Crippen LogP contribution is -2.53. The molecule has 0 aromatic heterocycles. The molecule has 0 bridgehead atoms. The number of piperazine rings is 1. The SMILES string of the molecule is CC(C)(C)OC(=O)N1CCN(CCN(C(=O)Nc2ccc(F)c(C(F)(F)F)c2)[C@@H]2CC[C@]3(c4cccc(C#N)c4)C[C@H]23)CC1. The van der Waals surface area contributed by atoms with Gasteiger partial charge in [-0.05, 0) is 81.8 Å². The maximum Gasteiger partial charge on any atom is 0.419 e. The van der Waals surface area contributed by atoms with Crippen LogP contribution in [0.1, 0.15) is 56.7 Å². The van der Waals surface area contributed by atoms with Crippen molar-refractivity contribution < 1.29 is 31.9 Å². The quantitative estimate of drug-likeness (QED) is 0.390. The summed E-state index contributed by atoms with van der Waals surface area (Å²) < 4.78 is 59.4. The fourth-order valence-corrected chi connectivity index (χ4v) is 6.64. The number of amides is 3. The second kappa shape index (κ2) is 11.9. The minimum atomic E-state index is -4.90. The predicted octanol–water partition coefficient (Wildman–Crippen LogP) is 6.22. The van der Waals surface area contributed by atoms with Gasteiger partial charge in [0.1, 0.15) is 11.4 Å². The van der Waals surface area contributed by atoms with Gasteiger partial charge in [-0.2, -0.15) is 18.4 Å². The van der Waals surface area contributed by atoms with Crippen LogP contribution in [0.15, 0.2) is 42.5 Å². The summed E-state index contributed by atoms with van der Waals surface area (Å²) in [5, 5.41) is 12.0. The van der Waals surface area contributed by atoms with E-state index in [1.807, 2.05) is 39.0 Å². The van der Waals surface area contributed by atoms with E-state index in [0.717, 1.165) is 24.5 Å². The molecule has 236 valence electrons. The van der Waals surface area contributed by atoms with Gasteiger partial charge in [0.15, 0.2) is 0 Å². The summed E-state index contributed by atoms with van der Waals surface area (Å²) >= 11 is 0. The van der Waals surface area contributed by atoms with E-state index in [0.29, 0.717) is 63.4 Å². The van der Waals surface area contributed by atoms with Crippen LogP contribution in [0.25, 0.3) is 0 Å². The van der Waals surface area contributed by atoms with Gasteiger partial charge in [0.05, 0.1) is 17.2 Å². The van der Waals surface area contributed by atoms with Crippen molar-refractivity contribution in [1.29, 1.82) is 5.26 Å². The van der Waals surface area contributed by atoms with Crippen LogP contribution in [-0.2, 0) is 16.3 Å². The summed E-state index contributed by atoms with van der Waals surface area (Å²) in [4.78, 5) is 31.7. The molecule has 44 heavy (non-hydrogen) atoms. The topological polar surface area (TPSA) is 88.9 Å². The Balaban J connectivity index is 1.30. The average molecular weight is 616 g/mol. The predicted molar refractivity (Wildman–Crippen MR) is 155 cm³/mol. The summed E-state index contributed by atoms with van der Waals surface area (Å²) in [6.07, 6.45) is -2.89. The Morgan fingerprint density at radius 3 is 2.48 bits per heavy atom. The van der Waals surface area contributed by atoms with Crippen molar-refractivity contribution in [3.63, 3.8) is 0 Å². The van der Waals surface area contributed by atoms with Crippen LogP contribution in [0.2, 0.25) is 0 Å². The van der Waals surface area contributed by atoms with Gasteiger partial charge in [-0.1, -0.05) is 12.1 Å². The van der Waals surface area contributed by atoms with E-state index in [1.54, 1.807) is 15.9 Å². The van der Waals surface area contributed by atoms with Gasteiger partial charge in [-0.15, -0.1) is 0 Å². The number of nitriles is 1.